The predicted molar refractivity (Wildman–Crippen MR) is 76.1 cm³/mol. The van der Waals surface area contributed by atoms with Crippen LogP contribution >= 0.6 is 0 Å². The molecule has 0 bridgehead atoms. The Morgan fingerprint density at radius 2 is 2.26 bits per heavy atom. The molecule has 0 fully saturated rings. The highest BCUT2D eigenvalue weighted by Crippen LogP contribution is 2.21. The van der Waals surface area contributed by atoms with Gasteiger partial charge in [-0.05, 0) is 43.9 Å². The van der Waals surface area contributed by atoms with E-state index < -0.39 is 0 Å². The van der Waals surface area contributed by atoms with Gasteiger partial charge in [0.25, 0.3) is 0 Å². The molecule has 2 unspecified atom stereocenters. The normalized spacial score (nSPS) is 20.3. The molecule has 0 aromatic heterocycles. The summed E-state index contributed by atoms with van der Waals surface area (Å²) < 4.78 is 0. The van der Waals surface area contributed by atoms with Crippen molar-refractivity contribution in [1.82, 2.24) is 5.32 Å². The fourth-order valence-electron chi connectivity index (χ4n) is 2.33. The molecular weight excluding hydrogens is 240 g/mol. The van der Waals surface area contributed by atoms with Crippen molar-refractivity contribution in [2.75, 3.05) is 11.9 Å². The highest BCUT2D eigenvalue weighted by molar-refractivity contribution is 5.96. The number of anilines is 1. The molecule has 1 amide bonds. The van der Waals surface area contributed by atoms with Crippen LogP contribution in [0.1, 0.15) is 31.7 Å². The standard InChI is InChI=1S/C15H22N2O2/c1-2-12(18)9-10-16-14-8-7-11-5-3-4-6-13(11)17-15(14)19/h3-6,12,14,16,18H,2,7-10H2,1H3,(H,17,19). The highest BCUT2D eigenvalue weighted by atomic mass is 16.3. The monoisotopic (exact) mass is 262 g/mol. The zero-order chi connectivity index (χ0) is 13.7. The van der Waals surface area contributed by atoms with E-state index in [2.05, 4.69) is 16.7 Å². The van der Waals surface area contributed by atoms with E-state index in [1.165, 1.54) is 5.56 Å². The van der Waals surface area contributed by atoms with Crippen LogP contribution in [0.25, 0.3) is 0 Å². The molecule has 1 aliphatic heterocycles. The van der Waals surface area contributed by atoms with Crippen LogP contribution < -0.4 is 10.6 Å². The molecule has 1 aliphatic rings. The number of para-hydroxylation sites is 1. The number of amides is 1. The molecule has 0 saturated carbocycles. The second-order valence-corrected chi connectivity index (χ2v) is 5.04. The van der Waals surface area contributed by atoms with Gasteiger partial charge in [-0.25, -0.2) is 0 Å². The molecule has 0 saturated heterocycles. The SMILES string of the molecule is CCC(O)CCNC1CCc2ccccc2NC1=O. The third kappa shape index (κ3) is 3.78. The summed E-state index contributed by atoms with van der Waals surface area (Å²) in [5.41, 5.74) is 2.11. The van der Waals surface area contributed by atoms with Crippen molar-refractivity contribution in [2.45, 2.75) is 44.8 Å². The van der Waals surface area contributed by atoms with Crippen LogP contribution in [0.5, 0.6) is 0 Å². The molecule has 0 aliphatic carbocycles. The smallest absolute Gasteiger partial charge is 0.241 e. The summed E-state index contributed by atoms with van der Waals surface area (Å²) in [6.07, 6.45) is 2.85. The largest absolute Gasteiger partial charge is 0.393 e. The Morgan fingerprint density at radius 3 is 3.05 bits per heavy atom. The van der Waals surface area contributed by atoms with Crippen LogP contribution in [0.15, 0.2) is 24.3 Å². The number of aryl methyl sites for hydroxylation is 1. The zero-order valence-corrected chi connectivity index (χ0v) is 11.4. The second-order valence-electron chi connectivity index (χ2n) is 5.04. The average Bonchev–Trinajstić information content (AvgIpc) is 2.58. The van der Waals surface area contributed by atoms with E-state index in [0.717, 1.165) is 24.9 Å². The van der Waals surface area contributed by atoms with Gasteiger partial charge in [0.2, 0.25) is 5.91 Å². The molecule has 2 atom stereocenters. The van der Waals surface area contributed by atoms with Crippen LogP contribution in [-0.2, 0) is 11.2 Å². The van der Waals surface area contributed by atoms with E-state index in [-0.39, 0.29) is 18.1 Å². The molecule has 1 aromatic rings. The van der Waals surface area contributed by atoms with E-state index in [4.69, 9.17) is 0 Å². The van der Waals surface area contributed by atoms with Crippen LogP contribution in [0.3, 0.4) is 0 Å². The summed E-state index contributed by atoms with van der Waals surface area (Å²) >= 11 is 0. The number of carbonyl (C=O) groups excluding carboxylic acids is 1. The summed E-state index contributed by atoms with van der Waals surface area (Å²) in [5.74, 6) is 0.0240. The molecule has 104 valence electrons. The van der Waals surface area contributed by atoms with Crippen LogP contribution in [0, 0.1) is 0 Å². The topological polar surface area (TPSA) is 61.4 Å². The van der Waals surface area contributed by atoms with Gasteiger partial charge in [0.1, 0.15) is 0 Å². The number of hydrogen-bond donors (Lipinski definition) is 3. The Kier molecular flexibility index (Phi) is 4.93. The minimum absolute atomic E-state index is 0.0240. The number of aliphatic hydroxyl groups excluding tert-OH is 1. The predicted octanol–water partition coefficient (Wildman–Crippen LogP) is 1.69. The number of rotatable bonds is 5. The number of aliphatic hydroxyl groups is 1. The number of carbonyl (C=O) groups is 1. The Hall–Kier alpha value is -1.39. The van der Waals surface area contributed by atoms with E-state index in [1.807, 2.05) is 25.1 Å². The fraction of sp³-hybridized carbons (Fsp3) is 0.533. The van der Waals surface area contributed by atoms with Crippen molar-refractivity contribution in [1.29, 1.82) is 0 Å². The fourth-order valence-corrected chi connectivity index (χ4v) is 2.33. The second kappa shape index (κ2) is 6.68. The lowest BCUT2D eigenvalue weighted by molar-refractivity contribution is -0.118. The van der Waals surface area contributed by atoms with Crippen molar-refractivity contribution in [3.63, 3.8) is 0 Å². The summed E-state index contributed by atoms with van der Waals surface area (Å²) in [7, 11) is 0. The molecule has 0 radical (unpaired) electrons. The maximum atomic E-state index is 12.1. The van der Waals surface area contributed by atoms with E-state index in [9.17, 15) is 9.90 Å². The van der Waals surface area contributed by atoms with Crippen molar-refractivity contribution in [3.8, 4) is 0 Å². The molecule has 2 rings (SSSR count). The third-order valence-corrected chi connectivity index (χ3v) is 3.63. The first-order valence-electron chi connectivity index (χ1n) is 7.01. The van der Waals surface area contributed by atoms with Gasteiger partial charge >= 0.3 is 0 Å². The number of benzene rings is 1. The lowest BCUT2D eigenvalue weighted by Gasteiger charge is -2.16. The lowest BCUT2D eigenvalue weighted by Crippen LogP contribution is -2.40. The Balaban J connectivity index is 1.90. The first-order valence-corrected chi connectivity index (χ1v) is 7.01. The van der Waals surface area contributed by atoms with Gasteiger partial charge in [0.05, 0.1) is 12.1 Å². The molecule has 3 N–H and O–H groups in total. The molecule has 4 nitrogen and oxygen atoms in total. The Bertz CT molecular complexity index is 434. The lowest BCUT2D eigenvalue weighted by atomic mass is 10.1. The first-order chi connectivity index (χ1) is 9.20. The molecule has 1 aromatic carbocycles. The van der Waals surface area contributed by atoms with Crippen molar-refractivity contribution >= 4 is 11.6 Å². The molecule has 0 spiro atoms. The summed E-state index contributed by atoms with van der Waals surface area (Å²) in [6, 6.07) is 7.76. The molecule has 4 heteroatoms. The van der Waals surface area contributed by atoms with Gasteiger partial charge < -0.3 is 15.7 Å². The molecular formula is C15H22N2O2. The van der Waals surface area contributed by atoms with Gasteiger partial charge in [-0.2, -0.15) is 0 Å². The molecule has 1 heterocycles. The van der Waals surface area contributed by atoms with Gasteiger partial charge in [0.15, 0.2) is 0 Å². The minimum Gasteiger partial charge on any atom is -0.393 e. The first kappa shape index (κ1) is 14.0. The maximum absolute atomic E-state index is 12.1. The summed E-state index contributed by atoms with van der Waals surface area (Å²) in [4.78, 5) is 12.1. The van der Waals surface area contributed by atoms with Gasteiger partial charge in [-0.3, -0.25) is 4.79 Å². The van der Waals surface area contributed by atoms with Gasteiger partial charge in [0, 0.05) is 5.69 Å². The Morgan fingerprint density at radius 1 is 1.47 bits per heavy atom. The van der Waals surface area contributed by atoms with Crippen LogP contribution in [0.4, 0.5) is 5.69 Å². The van der Waals surface area contributed by atoms with Crippen molar-refractivity contribution in [3.05, 3.63) is 29.8 Å². The van der Waals surface area contributed by atoms with Crippen molar-refractivity contribution in [2.24, 2.45) is 0 Å². The summed E-state index contributed by atoms with van der Waals surface area (Å²) in [5, 5.41) is 15.7. The highest BCUT2D eigenvalue weighted by Gasteiger charge is 2.22. The van der Waals surface area contributed by atoms with E-state index in [0.29, 0.717) is 13.0 Å². The van der Waals surface area contributed by atoms with Crippen molar-refractivity contribution < 1.29 is 9.90 Å². The number of nitrogens with one attached hydrogen (secondary N) is 2. The molecule has 19 heavy (non-hydrogen) atoms. The van der Waals surface area contributed by atoms with E-state index >= 15 is 0 Å². The average molecular weight is 262 g/mol. The van der Waals surface area contributed by atoms with Gasteiger partial charge in [-0.1, -0.05) is 25.1 Å². The zero-order valence-electron chi connectivity index (χ0n) is 11.4. The summed E-state index contributed by atoms with van der Waals surface area (Å²) in [6.45, 7) is 2.63. The van der Waals surface area contributed by atoms with Crippen LogP contribution in [0.2, 0.25) is 0 Å². The van der Waals surface area contributed by atoms with Gasteiger partial charge in [-0.15, -0.1) is 0 Å². The quantitative estimate of drug-likeness (QED) is 0.757. The maximum Gasteiger partial charge on any atom is 0.241 e. The third-order valence-electron chi connectivity index (χ3n) is 3.63. The van der Waals surface area contributed by atoms with Crippen LogP contribution in [-0.4, -0.2) is 29.7 Å². The van der Waals surface area contributed by atoms with E-state index in [1.54, 1.807) is 0 Å². The number of fused-ring (bicyclic) bond motifs is 1. The Labute approximate surface area is 114 Å². The number of hydrogen-bond acceptors (Lipinski definition) is 3. The minimum atomic E-state index is -0.279.